The predicted molar refractivity (Wildman–Crippen MR) is 360 cm³/mol. The first kappa shape index (κ1) is 55.4. The number of aromatic nitrogens is 6. The van der Waals surface area contributed by atoms with Crippen LogP contribution in [-0.4, -0.2) is 29.1 Å². The van der Waals surface area contributed by atoms with Crippen molar-refractivity contribution in [1.82, 2.24) is 29.1 Å². The highest BCUT2D eigenvalue weighted by Gasteiger charge is 2.40. The first-order valence-electron chi connectivity index (χ1n) is 30.0. The molecule has 0 amide bonds. The van der Waals surface area contributed by atoms with E-state index >= 15 is 22.0 Å². The summed E-state index contributed by atoms with van der Waals surface area (Å²) in [6.45, 7) is 0. The van der Waals surface area contributed by atoms with Crippen molar-refractivity contribution in [2.75, 3.05) is 0 Å². The Morgan fingerprint density at radius 3 is 0.772 bits per heavy atom. The molecule has 0 saturated carbocycles. The molecule has 0 aliphatic rings. The van der Waals surface area contributed by atoms with Gasteiger partial charge in [-0.15, -0.1) is 0 Å². The Morgan fingerprint density at radius 2 is 0.500 bits per heavy atom. The number of rotatable bonds is 11. The SMILES string of the molecule is Fc1cc(F)cc(-c2cc(-n3c4cc(-c5ccnc(-c6ccccc6)c5)ccc4c4ccc(-c5ccnc(-c6ccccc6)c5)cc43)c(C(F)(F)F)c(-n3c4cc(-c5ccnc(-c6ccccc6)c5)ccc4c4ccc(-c5ccnc(-c6ccccc6)c5)cc43)c2)c1. The van der Waals surface area contributed by atoms with Gasteiger partial charge in [-0.3, -0.25) is 19.9 Å². The van der Waals surface area contributed by atoms with Gasteiger partial charge in [0.25, 0.3) is 0 Å². The molecule has 11 heteroatoms. The van der Waals surface area contributed by atoms with Crippen LogP contribution in [-0.2, 0) is 6.18 Å². The van der Waals surface area contributed by atoms with Gasteiger partial charge < -0.3 is 9.13 Å². The maximum absolute atomic E-state index is 17.8. The first-order chi connectivity index (χ1) is 45.0. The van der Waals surface area contributed by atoms with Gasteiger partial charge in [-0.05, 0) is 153 Å². The van der Waals surface area contributed by atoms with Gasteiger partial charge in [-0.2, -0.15) is 13.2 Å². The summed E-state index contributed by atoms with van der Waals surface area (Å²) in [4.78, 5) is 18.8. The van der Waals surface area contributed by atoms with Crippen molar-refractivity contribution < 1.29 is 22.0 Å². The Labute approximate surface area is 525 Å². The molecule has 16 rings (SSSR count). The Hall–Kier alpha value is -12.0. The quantitative estimate of drug-likeness (QED) is 0.121. The fourth-order valence-corrected chi connectivity index (χ4v) is 12.9. The molecule has 92 heavy (non-hydrogen) atoms. The number of alkyl halides is 3. The fraction of sp³-hybridized carbons (Fsp3) is 0.0123. The molecule has 0 saturated heterocycles. The van der Waals surface area contributed by atoms with Gasteiger partial charge in [0.2, 0.25) is 0 Å². The maximum Gasteiger partial charge on any atom is 0.420 e. The monoisotopic (exact) mass is 1200 g/mol. The van der Waals surface area contributed by atoms with Crippen LogP contribution in [0.4, 0.5) is 22.0 Å². The minimum absolute atomic E-state index is 0.0360. The normalized spacial score (nSPS) is 11.8. The number of hydrogen-bond acceptors (Lipinski definition) is 4. The molecule has 0 unspecified atom stereocenters. The van der Waals surface area contributed by atoms with Crippen LogP contribution in [0.25, 0.3) is 156 Å². The second-order valence-corrected chi connectivity index (χ2v) is 22.8. The summed E-state index contributed by atoms with van der Waals surface area (Å²) in [5.74, 6) is -1.78. The van der Waals surface area contributed by atoms with Crippen LogP contribution < -0.4 is 0 Å². The van der Waals surface area contributed by atoms with E-state index in [0.29, 0.717) is 43.6 Å². The summed E-state index contributed by atoms with van der Waals surface area (Å²) < 4.78 is 88.5. The Balaban J connectivity index is 1.02. The lowest BCUT2D eigenvalue weighted by atomic mass is 9.98. The van der Waals surface area contributed by atoms with Crippen molar-refractivity contribution in [3.8, 4) is 112 Å². The molecule has 6 heterocycles. The molecule has 0 spiro atoms. The van der Waals surface area contributed by atoms with Gasteiger partial charge in [-0.1, -0.05) is 170 Å². The second kappa shape index (κ2) is 22.6. The lowest BCUT2D eigenvalue weighted by Crippen LogP contribution is -2.16. The molecule has 0 bridgehead atoms. The number of fused-ring (bicyclic) bond motifs is 6. The number of pyridine rings is 4. The van der Waals surface area contributed by atoms with E-state index < -0.39 is 23.4 Å². The third-order valence-electron chi connectivity index (χ3n) is 17.2. The van der Waals surface area contributed by atoms with E-state index in [1.807, 2.05) is 243 Å². The zero-order valence-corrected chi connectivity index (χ0v) is 48.9. The highest BCUT2D eigenvalue weighted by atomic mass is 19.4. The van der Waals surface area contributed by atoms with Gasteiger partial charge in [0.15, 0.2) is 0 Å². The van der Waals surface area contributed by atoms with Crippen LogP contribution in [0.3, 0.4) is 0 Å². The largest absolute Gasteiger partial charge is 0.420 e. The zero-order chi connectivity index (χ0) is 62.0. The number of halogens is 5. The third-order valence-corrected chi connectivity index (χ3v) is 17.2. The third kappa shape index (κ3) is 10.1. The molecular formula is C81H49F5N6. The summed E-state index contributed by atoms with van der Waals surface area (Å²) in [6.07, 6.45) is 1.83. The zero-order valence-electron chi connectivity index (χ0n) is 48.9. The van der Waals surface area contributed by atoms with Crippen LogP contribution >= 0.6 is 0 Å². The maximum atomic E-state index is 17.8. The van der Waals surface area contributed by atoms with E-state index in [9.17, 15) is 0 Å². The van der Waals surface area contributed by atoms with Gasteiger partial charge in [0.1, 0.15) is 17.2 Å². The first-order valence-corrected chi connectivity index (χ1v) is 30.0. The minimum Gasteiger partial charge on any atom is -0.308 e. The number of hydrogen-bond donors (Lipinski definition) is 0. The molecule has 0 aliphatic carbocycles. The second-order valence-electron chi connectivity index (χ2n) is 22.8. The molecule has 16 aromatic rings. The predicted octanol–water partition coefficient (Wildman–Crippen LogP) is 21.8. The molecule has 0 N–H and O–H groups in total. The van der Waals surface area contributed by atoms with Crippen molar-refractivity contribution in [2.24, 2.45) is 0 Å². The van der Waals surface area contributed by atoms with Gasteiger partial charge in [-0.25, -0.2) is 8.78 Å². The summed E-state index contributed by atoms with van der Waals surface area (Å²) in [6, 6.07) is 83.9. The summed E-state index contributed by atoms with van der Waals surface area (Å²) in [7, 11) is 0. The van der Waals surface area contributed by atoms with Crippen molar-refractivity contribution in [3.63, 3.8) is 0 Å². The van der Waals surface area contributed by atoms with Crippen LogP contribution in [0, 0.1) is 11.6 Å². The number of nitrogens with zero attached hydrogens (tertiary/aromatic N) is 6. The van der Waals surface area contributed by atoms with E-state index in [-0.39, 0.29) is 22.5 Å². The highest BCUT2D eigenvalue weighted by molar-refractivity contribution is 6.13. The Kier molecular flexibility index (Phi) is 13.6. The summed E-state index contributed by atoms with van der Waals surface area (Å²) in [5, 5.41) is 2.70. The molecule has 0 fully saturated rings. The Bertz CT molecular complexity index is 4920. The molecular weight excluding hydrogens is 1150 g/mol. The van der Waals surface area contributed by atoms with E-state index in [2.05, 4.69) is 0 Å². The molecule has 6 aromatic heterocycles. The standard InChI is InChI=1S/C81H49F5N6/c82-64-37-62(38-65(83)49-64)63-47-78(91-74-43-54(58-29-33-87-70(39-58)50-13-5-1-6-14-50)21-25-66(74)67-26-22-55(44-75(67)91)59-30-34-88-71(40-59)51-15-7-2-8-16-51)80(81(84,85)86)79(48-63)92-76-45-56(60-31-35-89-72(41-60)52-17-9-3-10-18-52)23-27-68(76)69-28-24-57(46-77(69)92)61-32-36-90-73(42-61)53-19-11-4-12-20-53/h1-49H. The summed E-state index contributed by atoms with van der Waals surface area (Å²) >= 11 is 0. The molecule has 0 aliphatic heterocycles. The van der Waals surface area contributed by atoms with E-state index in [1.54, 1.807) is 33.9 Å². The van der Waals surface area contributed by atoms with Crippen LogP contribution in [0.15, 0.2) is 298 Å². The van der Waals surface area contributed by atoms with Crippen LogP contribution in [0.5, 0.6) is 0 Å². The van der Waals surface area contributed by atoms with Crippen molar-refractivity contribution in [3.05, 3.63) is 315 Å². The average Bonchev–Trinajstić information content (AvgIpc) is 1.58. The molecule has 438 valence electrons. The smallest absolute Gasteiger partial charge is 0.308 e. The highest BCUT2D eigenvalue weighted by Crippen LogP contribution is 2.48. The molecule has 6 nitrogen and oxygen atoms in total. The van der Waals surface area contributed by atoms with Gasteiger partial charge in [0.05, 0.1) is 56.2 Å². The molecule has 0 atom stereocenters. The van der Waals surface area contributed by atoms with Crippen molar-refractivity contribution in [1.29, 1.82) is 0 Å². The van der Waals surface area contributed by atoms with Gasteiger partial charge >= 0.3 is 6.18 Å². The summed E-state index contributed by atoms with van der Waals surface area (Å²) in [5.41, 5.74) is 13.0. The van der Waals surface area contributed by atoms with E-state index in [0.717, 1.165) is 108 Å². The minimum atomic E-state index is -5.09. The fourth-order valence-electron chi connectivity index (χ4n) is 12.9. The lowest BCUT2D eigenvalue weighted by molar-refractivity contribution is -0.137. The average molecular weight is 1200 g/mol. The van der Waals surface area contributed by atoms with Crippen molar-refractivity contribution in [2.45, 2.75) is 6.18 Å². The topological polar surface area (TPSA) is 61.4 Å². The van der Waals surface area contributed by atoms with E-state index in [4.69, 9.17) is 19.9 Å². The molecule has 0 radical (unpaired) electrons. The van der Waals surface area contributed by atoms with Crippen LogP contribution in [0.2, 0.25) is 0 Å². The molecule has 10 aromatic carbocycles. The lowest BCUT2D eigenvalue weighted by Gasteiger charge is -2.23. The Morgan fingerprint density at radius 1 is 0.239 bits per heavy atom. The van der Waals surface area contributed by atoms with Gasteiger partial charge in [0, 0.05) is 74.7 Å². The number of benzene rings is 10. The van der Waals surface area contributed by atoms with Crippen molar-refractivity contribution >= 4 is 43.6 Å². The van der Waals surface area contributed by atoms with Crippen LogP contribution in [0.1, 0.15) is 5.56 Å². The van der Waals surface area contributed by atoms with E-state index in [1.165, 1.54) is 12.1 Å².